The number of carbonyl (C=O) groups is 1. The van der Waals surface area contributed by atoms with Gasteiger partial charge in [0.25, 0.3) is 0 Å². The number of quaternary nitrogens is 1. The maximum Gasteiger partial charge on any atom is 0.472 e. The molecule has 0 aliphatic rings. The van der Waals surface area contributed by atoms with E-state index in [4.69, 9.17) is 9.05 Å². The lowest BCUT2D eigenvalue weighted by Gasteiger charge is -2.26. The van der Waals surface area contributed by atoms with E-state index in [0.29, 0.717) is 23.9 Å². The molecule has 72 heavy (non-hydrogen) atoms. The number of unbranched alkanes of at least 4 members (excludes halogenated alkanes) is 30. The maximum atomic E-state index is 13.0. The summed E-state index contributed by atoms with van der Waals surface area (Å²) in [6.45, 7) is 4.74. The summed E-state index contributed by atoms with van der Waals surface area (Å²) in [5.41, 5.74) is 0. The Hall–Kier alpha value is -2.06. The quantitative estimate of drug-likeness (QED) is 0.0243. The van der Waals surface area contributed by atoms with Gasteiger partial charge in [0, 0.05) is 6.42 Å². The van der Waals surface area contributed by atoms with Crippen LogP contribution in [0.3, 0.4) is 0 Å². The number of allylic oxidation sites excluding steroid dienone is 12. The molecule has 0 saturated carbocycles. The van der Waals surface area contributed by atoms with Crippen molar-refractivity contribution in [1.29, 1.82) is 0 Å². The topological polar surface area (TPSA) is 105 Å². The minimum absolute atomic E-state index is 0.0580. The van der Waals surface area contributed by atoms with Gasteiger partial charge in [0.1, 0.15) is 13.2 Å². The Morgan fingerprint density at radius 3 is 1.14 bits per heavy atom. The van der Waals surface area contributed by atoms with E-state index >= 15 is 0 Å². The molecule has 3 N–H and O–H groups in total. The molecule has 0 aliphatic carbocycles. The van der Waals surface area contributed by atoms with Crippen molar-refractivity contribution in [3.8, 4) is 0 Å². The van der Waals surface area contributed by atoms with E-state index in [0.717, 1.165) is 57.8 Å². The first kappa shape index (κ1) is 69.9. The van der Waals surface area contributed by atoms with Gasteiger partial charge in [-0.05, 0) is 51.4 Å². The number of aliphatic hydroxyl groups is 1. The van der Waals surface area contributed by atoms with Crippen molar-refractivity contribution in [3.63, 3.8) is 0 Å². The van der Waals surface area contributed by atoms with Crippen molar-refractivity contribution >= 4 is 13.7 Å². The van der Waals surface area contributed by atoms with Gasteiger partial charge in [-0.25, -0.2) is 4.57 Å². The van der Waals surface area contributed by atoms with Gasteiger partial charge in [-0.2, -0.15) is 0 Å². The van der Waals surface area contributed by atoms with Gasteiger partial charge < -0.3 is 19.8 Å². The second kappa shape index (κ2) is 53.8. The molecule has 420 valence electrons. The van der Waals surface area contributed by atoms with Gasteiger partial charge in [0.05, 0.1) is 39.9 Å². The predicted molar refractivity (Wildman–Crippen MR) is 313 cm³/mol. The number of phosphoric acid groups is 1. The number of nitrogens with one attached hydrogen (secondary N) is 1. The summed E-state index contributed by atoms with van der Waals surface area (Å²) in [4.78, 5) is 23.3. The fraction of sp³-hybridized carbons (Fsp3) is 0.794. The molecule has 0 bridgehead atoms. The number of amides is 1. The highest BCUT2D eigenvalue weighted by Gasteiger charge is 2.28. The minimum atomic E-state index is -4.35. The molecule has 9 heteroatoms. The highest BCUT2D eigenvalue weighted by molar-refractivity contribution is 7.47. The van der Waals surface area contributed by atoms with E-state index in [2.05, 4.69) is 86.0 Å². The number of nitrogens with zero attached hydrogens (tertiary/aromatic N) is 1. The van der Waals surface area contributed by atoms with Crippen LogP contribution in [-0.2, 0) is 18.4 Å². The Morgan fingerprint density at radius 1 is 0.486 bits per heavy atom. The molecule has 0 fully saturated rings. The van der Waals surface area contributed by atoms with Crippen LogP contribution in [0, 0.1) is 0 Å². The summed E-state index contributed by atoms with van der Waals surface area (Å²) >= 11 is 0. The first-order chi connectivity index (χ1) is 35.0. The third-order valence-corrected chi connectivity index (χ3v) is 14.5. The minimum Gasteiger partial charge on any atom is -0.391 e. The van der Waals surface area contributed by atoms with Crippen LogP contribution in [0.5, 0.6) is 0 Å². The molecule has 3 atom stereocenters. The first-order valence-corrected chi connectivity index (χ1v) is 31.8. The average Bonchev–Trinajstić information content (AvgIpc) is 3.34. The number of carbonyl (C=O) groups excluding carboxylic acids is 1. The van der Waals surface area contributed by atoms with Crippen LogP contribution in [0.25, 0.3) is 0 Å². The summed E-state index contributed by atoms with van der Waals surface area (Å²) in [5.74, 6) is -0.225. The van der Waals surface area contributed by atoms with Gasteiger partial charge >= 0.3 is 7.82 Å². The predicted octanol–water partition coefficient (Wildman–Crippen LogP) is 18.7. The van der Waals surface area contributed by atoms with Crippen LogP contribution in [-0.4, -0.2) is 73.4 Å². The smallest absolute Gasteiger partial charge is 0.391 e. The van der Waals surface area contributed by atoms with E-state index in [-0.39, 0.29) is 25.5 Å². The molecular weight excluding hydrogens is 912 g/mol. The largest absolute Gasteiger partial charge is 0.472 e. The van der Waals surface area contributed by atoms with Crippen molar-refractivity contribution in [2.75, 3.05) is 40.9 Å². The van der Waals surface area contributed by atoms with Gasteiger partial charge in [-0.15, -0.1) is 0 Å². The third-order valence-electron chi connectivity index (χ3n) is 13.5. The summed E-state index contributed by atoms with van der Waals surface area (Å²) < 4.78 is 23.7. The summed E-state index contributed by atoms with van der Waals surface area (Å²) in [7, 11) is 1.57. The molecule has 0 spiro atoms. The number of rotatable bonds is 55. The lowest BCUT2D eigenvalue weighted by atomic mass is 10.0. The zero-order valence-electron chi connectivity index (χ0n) is 47.9. The van der Waals surface area contributed by atoms with Crippen molar-refractivity contribution in [3.05, 3.63) is 72.9 Å². The molecule has 0 aromatic rings. The summed E-state index contributed by atoms with van der Waals surface area (Å²) in [6.07, 6.45) is 74.3. The lowest BCUT2D eigenvalue weighted by Crippen LogP contribution is -2.46. The normalized spacial score (nSPS) is 14.4. The fourth-order valence-corrected chi connectivity index (χ4v) is 9.51. The monoisotopic (exact) mass is 1030 g/mol. The molecule has 0 rings (SSSR count). The number of phosphoric ester groups is 1. The van der Waals surface area contributed by atoms with Gasteiger partial charge in [-0.3, -0.25) is 13.8 Å². The van der Waals surface area contributed by atoms with Crippen LogP contribution in [0.2, 0.25) is 0 Å². The molecule has 0 saturated heterocycles. The molecule has 3 unspecified atom stereocenters. The molecule has 0 aliphatic heterocycles. The Kier molecular flexibility index (Phi) is 52.2. The fourth-order valence-electron chi connectivity index (χ4n) is 8.78. The number of likely N-dealkylation sites (N-methyl/N-ethyl adjacent to an activating group) is 1. The molecule has 0 aromatic heterocycles. The third kappa shape index (κ3) is 55.7. The first-order valence-electron chi connectivity index (χ1n) is 30.3. The van der Waals surface area contributed by atoms with Crippen LogP contribution >= 0.6 is 7.82 Å². The molecule has 0 radical (unpaired) electrons. The second-order valence-corrected chi connectivity index (χ2v) is 23.2. The van der Waals surface area contributed by atoms with Crippen LogP contribution in [0.1, 0.15) is 271 Å². The molecule has 0 aromatic carbocycles. The molecule has 1 amide bonds. The van der Waals surface area contributed by atoms with E-state index in [9.17, 15) is 19.4 Å². The lowest BCUT2D eigenvalue weighted by molar-refractivity contribution is -0.870. The molecular formula is C63H118N2O6P+. The number of aliphatic hydroxyl groups excluding tert-OH is 1. The second-order valence-electron chi connectivity index (χ2n) is 21.7. The number of hydrogen-bond acceptors (Lipinski definition) is 5. The van der Waals surface area contributed by atoms with Crippen LogP contribution in [0.4, 0.5) is 0 Å². The Morgan fingerprint density at radius 2 is 0.806 bits per heavy atom. The number of hydrogen-bond donors (Lipinski definition) is 3. The van der Waals surface area contributed by atoms with Crippen molar-refractivity contribution in [2.45, 2.75) is 283 Å². The van der Waals surface area contributed by atoms with Gasteiger partial charge in [0.2, 0.25) is 5.91 Å². The molecule has 8 nitrogen and oxygen atoms in total. The summed E-state index contributed by atoms with van der Waals surface area (Å²) in [6, 6.07) is -0.807. The SMILES string of the molecule is CC/C=C\C/C=C\C/C=C\C/C=C\C/C=C\C/C=C\CCC(=O)NC(COP(=O)(O)OCC[N+](C)(C)C)C(O)CCCCCCCCCCCCCCCCCCCCCCCCCCCCCCCCC. The molecule has 0 heterocycles. The van der Waals surface area contributed by atoms with Crippen LogP contribution < -0.4 is 5.32 Å². The Balaban J connectivity index is 4.15. The van der Waals surface area contributed by atoms with Crippen molar-refractivity contribution in [2.24, 2.45) is 0 Å². The van der Waals surface area contributed by atoms with E-state index in [1.54, 1.807) is 0 Å². The van der Waals surface area contributed by atoms with E-state index < -0.39 is 20.0 Å². The van der Waals surface area contributed by atoms with Crippen LogP contribution in [0.15, 0.2) is 72.9 Å². The average molecular weight is 1030 g/mol. The van der Waals surface area contributed by atoms with E-state index in [1.165, 1.54) is 180 Å². The highest BCUT2D eigenvalue weighted by Crippen LogP contribution is 2.43. The maximum absolute atomic E-state index is 13.0. The zero-order chi connectivity index (χ0) is 52.7. The van der Waals surface area contributed by atoms with Gasteiger partial charge in [-0.1, -0.05) is 286 Å². The van der Waals surface area contributed by atoms with E-state index in [1.807, 2.05) is 27.2 Å². The van der Waals surface area contributed by atoms with Gasteiger partial charge in [0.15, 0.2) is 0 Å². The van der Waals surface area contributed by atoms with Crippen molar-refractivity contribution in [1.82, 2.24) is 5.32 Å². The zero-order valence-corrected chi connectivity index (χ0v) is 48.8. The standard InChI is InChI=1S/C63H117N2O6P/c1-6-8-10-12-14-16-18-20-22-24-26-27-28-29-30-31-32-33-34-35-36-37-39-40-42-44-46-48-50-52-54-56-62(66)61(60-71-72(68,69)70-59-58-65(3,4)5)64-63(67)57-55-53-51-49-47-45-43-41-38-25-23-21-19-17-15-13-11-9-7-2/h9,11,15,17,21,23,38,41,45,47,51,53,61-62,66H,6-8,10,12-14,16,18-20,22,24-37,39-40,42-44,46,48-50,52,54-60H2,1-5H3,(H-,64,67,68,69)/p+1/b11-9-,17-15-,23-21-,41-38-,47-45-,53-51-. The Bertz CT molecular complexity index is 1400. The summed E-state index contributed by atoms with van der Waals surface area (Å²) in [5, 5.41) is 14.0. The van der Waals surface area contributed by atoms with Crippen molar-refractivity contribution < 1.29 is 32.9 Å². The Labute approximate surface area is 446 Å². The highest BCUT2D eigenvalue weighted by atomic mass is 31.2.